The fraction of sp³-hybridized carbons (Fsp3) is 0.667. The monoisotopic (exact) mass is 344 g/mol. The van der Waals surface area contributed by atoms with Gasteiger partial charge in [0.15, 0.2) is 5.79 Å². The second-order valence-corrected chi connectivity index (χ2v) is 7.62. The second kappa shape index (κ2) is 7.17. The van der Waals surface area contributed by atoms with Gasteiger partial charge in [0.1, 0.15) is 0 Å². The minimum Gasteiger partial charge on any atom is -0.348 e. The summed E-state index contributed by atoms with van der Waals surface area (Å²) in [4.78, 5) is 12.9. The number of amides is 2. The Morgan fingerprint density at radius 1 is 1.27 bits per heavy atom. The van der Waals surface area contributed by atoms with Gasteiger partial charge < -0.3 is 20.1 Å². The normalized spacial score (nSPS) is 21.1. The molecule has 0 radical (unpaired) electrons. The van der Waals surface area contributed by atoms with E-state index < -0.39 is 0 Å². The van der Waals surface area contributed by atoms with Crippen LogP contribution < -0.4 is 10.6 Å². The minimum absolute atomic E-state index is 0.127. The quantitative estimate of drug-likeness (QED) is 0.882. The summed E-state index contributed by atoms with van der Waals surface area (Å²) in [5.41, 5.74) is 0. The topological polar surface area (TPSA) is 59.6 Å². The van der Waals surface area contributed by atoms with E-state index in [9.17, 15) is 4.79 Å². The predicted octanol–water partition coefficient (Wildman–Crippen LogP) is 3.13. The van der Waals surface area contributed by atoms with Gasteiger partial charge in [-0.25, -0.2) is 4.79 Å². The molecule has 22 heavy (non-hydrogen) atoms. The van der Waals surface area contributed by atoms with Gasteiger partial charge in [-0.15, -0.1) is 11.3 Å². The Balaban J connectivity index is 1.33. The molecule has 2 fully saturated rings. The van der Waals surface area contributed by atoms with Crippen LogP contribution in [0.3, 0.4) is 0 Å². The molecule has 2 heterocycles. The zero-order valence-electron chi connectivity index (χ0n) is 12.4. The summed E-state index contributed by atoms with van der Waals surface area (Å²) in [6, 6.07) is 3.64. The maximum Gasteiger partial charge on any atom is 0.315 e. The third-order valence-corrected chi connectivity index (χ3v) is 5.51. The number of ether oxygens (including phenoxy) is 2. The molecule has 1 aromatic rings. The van der Waals surface area contributed by atoms with E-state index in [2.05, 4.69) is 10.6 Å². The van der Waals surface area contributed by atoms with Crippen molar-refractivity contribution < 1.29 is 14.3 Å². The Bertz CT molecular complexity index is 507. The molecule has 0 atom stereocenters. The lowest BCUT2D eigenvalue weighted by Crippen LogP contribution is -2.41. The van der Waals surface area contributed by atoms with Gasteiger partial charge in [0.25, 0.3) is 0 Å². The van der Waals surface area contributed by atoms with Gasteiger partial charge in [0.2, 0.25) is 0 Å². The molecule has 1 saturated heterocycles. The molecular formula is C15H21ClN2O3S. The molecule has 0 bridgehead atoms. The maximum absolute atomic E-state index is 11.8. The summed E-state index contributed by atoms with van der Waals surface area (Å²) in [7, 11) is 0. The number of carbonyl (C=O) groups excluding carboxylic acids is 1. The van der Waals surface area contributed by atoms with Gasteiger partial charge in [-0.1, -0.05) is 11.6 Å². The van der Waals surface area contributed by atoms with Crippen LogP contribution in [0.1, 0.15) is 30.6 Å². The molecule has 2 N–H and O–H groups in total. The zero-order chi connectivity index (χ0) is 15.4. The fourth-order valence-corrected chi connectivity index (χ4v) is 4.05. The van der Waals surface area contributed by atoms with Gasteiger partial charge in [0, 0.05) is 24.3 Å². The van der Waals surface area contributed by atoms with E-state index in [4.69, 9.17) is 21.1 Å². The van der Waals surface area contributed by atoms with Crippen molar-refractivity contribution in [3.63, 3.8) is 0 Å². The number of hydrogen-bond acceptors (Lipinski definition) is 4. The van der Waals surface area contributed by atoms with E-state index in [1.165, 1.54) is 11.3 Å². The zero-order valence-corrected chi connectivity index (χ0v) is 14.0. The van der Waals surface area contributed by atoms with Gasteiger partial charge in [-0.05, 0) is 30.9 Å². The van der Waals surface area contributed by atoms with Crippen LogP contribution in [0.2, 0.25) is 4.34 Å². The van der Waals surface area contributed by atoms with Crippen LogP contribution in [-0.4, -0.2) is 31.6 Å². The summed E-state index contributed by atoms with van der Waals surface area (Å²) < 4.78 is 12.2. The lowest BCUT2D eigenvalue weighted by Gasteiger charge is -2.35. The lowest BCUT2D eigenvalue weighted by molar-refractivity contribution is -0.182. The molecule has 3 rings (SSSR count). The standard InChI is InChI=1S/C15H21ClN2O3S/c16-13-2-1-12(22-13)10-18-14(19)17-9-11-3-5-15(6-4-11)20-7-8-21-15/h1-2,11H,3-10H2,(H2,17,18,19). The van der Waals surface area contributed by atoms with Gasteiger partial charge in [-0.2, -0.15) is 0 Å². The Labute approximate surface area is 139 Å². The van der Waals surface area contributed by atoms with E-state index in [0.717, 1.165) is 34.9 Å². The number of carbonyl (C=O) groups is 1. The third-order valence-electron chi connectivity index (χ3n) is 4.28. The van der Waals surface area contributed by atoms with Crippen LogP contribution in [0.4, 0.5) is 4.79 Å². The molecule has 1 aliphatic heterocycles. The summed E-state index contributed by atoms with van der Waals surface area (Å²) in [5.74, 6) is 0.178. The van der Waals surface area contributed by atoms with Crippen LogP contribution in [0, 0.1) is 5.92 Å². The first-order valence-corrected chi connectivity index (χ1v) is 8.88. The Morgan fingerprint density at radius 2 is 2.00 bits per heavy atom. The average Bonchev–Trinajstić information content (AvgIpc) is 3.14. The number of nitrogens with one attached hydrogen (secondary N) is 2. The van der Waals surface area contributed by atoms with Gasteiger partial charge in [0.05, 0.1) is 24.1 Å². The van der Waals surface area contributed by atoms with Crippen molar-refractivity contribution in [1.82, 2.24) is 10.6 Å². The molecule has 7 heteroatoms. The molecule has 2 aliphatic rings. The van der Waals surface area contributed by atoms with Crippen molar-refractivity contribution in [2.45, 2.75) is 38.0 Å². The Morgan fingerprint density at radius 3 is 2.64 bits per heavy atom. The smallest absolute Gasteiger partial charge is 0.315 e. The van der Waals surface area contributed by atoms with Gasteiger partial charge in [-0.3, -0.25) is 0 Å². The maximum atomic E-state index is 11.8. The molecule has 2 amide bonds. The van der Waals surface area contributed by atoms with Gasteiger partial charge >= 0.3 is 6.03 Å². The first-order chi connectivity index (χ1) is 10.7. The summed E-state index contributed by atoms with van der Waals surface area (Å²) >= 11 is 7.34. The first kappa shape index (κ1) is 16.1. The van der Waals surface area contributed by atoms with Crippen LogP contribution in [0.5, 0.6) is 0 Å². The lowest BCUT2D eigenvalue weighted by atomic mass is 9.85. The largest absolute Gasteiger partial charge is 0.348 e. The Kier molecular flexibility index (Phi) is 5.23. The summed E-state index contributed by atoms with van der Waals surface area (Å²) in [6.45, 7) is 2.63. The third kappa shape index (κ3) is 4.13. The van der Waals surface area contributed by atoms with Crippen LogP contribution in [0.25, 0.3) is 0 Å². The highest BCUT2D eigenvalue weighted by Crippen LogP contribution is 2.37. The van der Waals surface area contributed by atoms with Crippen molar-refractivity contribution in [3.8, 4) is 0 Å². The molecule has 5 nitrogen and oxygen atoms in total. The highest BCUT2D eigenvalue weighted by Gasteiger charge is 2.40. The molecular weight excluding hydrogens is 324 g/mol. The Hall–Kier alpha value is -0.820. The van der Waals surface area contributed by atoms with E-state index >= 15 is 0 Å². The summed E-state index contributed by atoms with van der Waals surface area (Å²) in [6.07, 6.45) is 3.91. The highest BCUT2D eigenvalue weighted by molar-refractivity contribution is 7.16. The van der Waals surface area contributed by atoms with E-state index in [0.29, 0.717) is 32.2 Å². The van der Waals surface area contributed by atoms with E-state index in [1.807, 2.05) is 12.1 Å². The molecule has 1 saturated carbocycles. The van der Waals surface area contributed by atoms with Crippen LogP contribution >= 0.6 is 22.9 Å². The molecule has 122 valence electrons. The van der Waals surface area contributed by atoms with Crippen LogP contribution in [-0.2, 0) is 16.0 Å². The molecule has 0 unspecified atom stereocenters. The van der Waals surface area contributed by atoms with Crippen molar-refractivity contribution in [3.05, 3.63) is 21.3 Å². The van der Waals surface area contributed by atoms with Crippen molar-refractivity contribution in [1.29, 1.82) is 0 Å². The summed E-state index contributed by atoms with van der Waals surface area (Å²) in [5, 5.41) is 5.80. The number of rotatable bonds is 4. The minimum atomic E-state index is -0.322. The van der Waals surface area contributed by atoms with E-state index in [-0.39, 0.29) is 11.8 Å². The van der Waals surface area contributed by atoms with Crippen molar-refractivity contribution in [2.75, 3.05) is 19.8 Å². The first-order valence-electron chi connectivity index (χ1n) is 7.69. The molecule has 0 aromatic carbocycles. The molecule has 1 aromatic heterocycles. The van der Waals surface area contributed by atoms with Crippen LogP contribution in [0.15, 0.2) is 12.1 Å². The average molecular weight is 345 g/mol. The SMILES string of the molecule is O=C(NCc1ccc(Cl)s1)NCC1CCC2(CC1)OCCO2. The molecule has 1 spiro atoms. The van der Waals surface area contributed by atoms with Crippen molar-refractivity contribution in [2.24, 2.45) is 5.92 Å². The van der Waals surface area contributed by atoms with Crippen molar-refractivity contribution >= 4 is 29.0 Å². The number of hydrogen-bond donors (Lipinski definition) is 2. The van der Waals surface area contributed by atoms with E-state index in [1.54, 1.807) is 0 Å². The number of urea groups is 1. The fourth-order valence-electron chi connectivity index (χ4n) is 3.02. The number of halogens is 1. The number of thiophene rings is 1. The molecule has 1 aliphatic carbocycles. The predicted molar refractivity (Wildman–Crippen MR) is 86.2 cm³/mol. The second-order valence-electron chi connectivity index (χ2n) is 5.82. The highest BCUT2D eigenvalue weighted by atomic mass is 35.5.